The zero-order valence-corrected chi connectivity index (χ0v) is 4.07. The summed E-state index contributed by atoms with van der Waals surface area (Å²) in [5, 5.41) is 16.8. The quantitative estimate of drug-likeness (QED) is 0.401. The molecule has 1 fully saturated rings. The zero-order chi connectivity index (χ0) is 6.15. The van der Waals surface area contributed by atoms with Crippen molar-refractivity contribution in [3.63, 3.8) is 0 Å². The maximum absolute atomic E-state index is 10.0. The Balaban J connectivity index is 2.35. The van der Waals surface area contributed by atoms with E-state index in [4.69, 9.17) is 10.2 Å². The highest BCUT2D eigenvalue weighted by Gasteiger charge is 2.40. The van der Waals surface area contributed by atoms with Crippen LogP contribution < -0.4 is 0 Å². The predicted molar refractivity (Wildman–Crippen MR) is 23.0 cm³/mol. The highest BCUT2D eigenvalue weighted by atomic mass is 16.6. The minimum absolute atomic E-state index is 0.299. The summed E-state index contributed by atoms with van der Waals surface area (Å²) in [4.78, 5) is 10.0. The molecule has 0 spiro atoms. The summed E-state index contributed by atoms with van der Waals surface area (Å²) < 4.78 is 4.26. The molecule has 1 heterocycles. The summed E-state index contributed by atoms with van der Waals surface area (Å²) in [5.74, 6) is -0.649. The minimum Gasteiger partial charge on any atom is -0.454 e. The predicted octanol–water partition coefficient (Wildman–Crippen LogP) is -1.74. The van der Waals surface area contributed by atoms with Gasteiger partial charge < -0.3 is 14.9 Å². The fourth-order valence-electron chi connectivity index (χ4n) is 0.500. The number of rotatable bonds is 1. The first-order chi connectivity index (χ1) is 3.75. The maximum Gasteiger partial charge on any atom is 0.339 e. The van der Waals surface area contributed by atoms with Gasteiger partial charge in [0.2, 0.25) is 0 Å². The van der Waals surface area contributed by atoms with Crippen molar-refractivity contribution in [2.24, 2.45) is 0 Å². The van der Waals surface area contributed by atoms with Crippen LogP contribution in [0.25, 0.3) is 0 Å². The lowest BCUT2D eigenvalue weighted by Gasteiger charge is -2.28. The van der Waals surface area contributed by atoms with E-state index in [0.29, 0.717) is 0 Å². The van der Waals surface area contributed by atoms with Crippen LogP contribution in [0.4, 0.5) is 0 Å². The Morgan fingerprint density at radius 2 is 2.38 bits per heavy atom. The summed E-state index contributed by atoms with van der Waals surface area (Å²) in [6.45, 7) is -0.299. The monoisotopic (exact) mass is 118 g/mol. The van der Waals surface area contributed by atoms with E-state index in [1.54, 1.807) is 0 Å². The Morgan fingerprint density at radius 3 is 2.50 bits per heavy atom. The van der Waals surface area contributed by atoms with E-state index in [-0.39, 0.29) is 6.61 Å². The Hall–Kier alpha value is -0.610. The molecule has 2 atom stereocenters. The van der Waals surface area contributed by atoms with Crippen molar-refractivity contribution in [3.05, 3.63) is 0 Å². The second-order valence-electron chi connectivity index (χ2n) is 1.60. The van der Waals surface area contributed by atoms with Gasteiger partial charge in [-0.25, -0.2) is 4.79 Å². The molecule has 4 nitrogen and oxygen atoms in total. The minimum atomic E-state index is -1.10. The van der Waals surface area contributed by atoms with Gasteiger partial charge in [0.1, 0.15) is 0 Å². The van der Waals surface area contributed by atoms with Crippen LogP contribution in [0, 0.1) is 0 Å². The third-order valence-corrected chi connectivity index (χ3v) is 1.04. The summed E-state index contributed by atoms with van der Waals surface area (Å²) in [5.41, 5.74) is 0. The molecular formula is C4H6O4. The van der Waals surface area contributed by atoms with Crippen molar-refractivity contribution in [2.45, 2.75) is 12.2 Å². The molecule has 46 valence electrons. The van der Waals surface area contributed by atoms with Crippen LogP contribution in [-0.2, 0) is 9.53 Å². The van der Waals surface area contributed by atoms with Gasteiger partial charge in [0.25, 0.3) is 0 Å². The topological polar surface area (TPSA) is 66.8 Å². The molecule has 0 bridgehead atoms. The first-order valence-electron chi connectivity index (χ1n) is 2.25. The fraction of sp³-hybridized carbons (Fsp3) is 0.750. The molecule has 0 aromatic carbocycles. The molecule has 1 aliphatic heterocycles. The van der Waals surface area contributed by atoms with Crippen LogP contribution in [0.2, 0.25) is 0 Å². The van der Waals surface area contributed by atoms with Gasteiger partial charge in [-0.3, -0.25) is 0 Å². The standard InChI is InChI=1S/C4H6O4/c5-1-2-3(6)4(7)8-2/h2-3,5-6H,1H2. The lowest BCUT2D eigenvalue weighted by molar-refractivity contribution is -0.202. The van der Waals surface area contributed by atoms with Crippen molar-refractivity contribution in [2.75, 3.05) is 6.61 Å². The van der Waals surface area contributed by atoms with Gasteiger partial charge >= 0.3 is 5.97 Å². The normalized spacial score (nSPS) is 36.0. The lowest BCUT2D eigenvalue weighted by Crippen LogP contribution is -2.51. The molecule has 1 rings (SSSR count). The molecule has 0 aromatic heterocycles. The zero-order valence-electron chi connectivity index (χ0n) is 4.07. The summed E-state index contributed by atoms with van der Waals surface area (Å²) >= 11 is 0. The van der Waals surface area contributed by atoms with E-state index >= 15 is 0 Å². The molecule has 2 N–H and O–H groups in total. The Kier molecular flexibility index (Phi) is 1.19. The van der Waals surface area contributed by atoms with Crippen molar-refractivity contribution in [1.82, 2.24) is 0 Å². The van der Waals surface area contributed by atoms with Crippen LogP contribution in [0.1, 0.15) is 0 Å². The van der Waals surface area contributed by atoms with Crippen LogP contribution in [0.15, 0.2) is 0 Å². The largest absolute Gasteiger partial charge is 0.454 e. The van der Waals surface area contributed by atoms with Crippen LogP contribution in [0.3, 0.4) is 0 Å². The number of hydrogen-bond acceptors (Lipinski definition) is 4. The highest BCUT2D eigenvalue weighted by Crippen LogP contribution is 2.12. The lowest BCUT2D eigenvalue weighted by atomic mass is 10.1. The van der Waals surface area contributed by atoms with Gasteiger partial charge in [-0.05, 0) is 0 Å². The molecule has 0 aliphatic carbocycles. The maximum atomic E-state index is 10.0. The number of esters is 1. The molecule has 0 radical (unpaired) electrons. The Morgan fingerprint density at radius 1 is 1.75 bits per heavy atom. The Bertz CT molecular complexity index is 111. The molecule has 2 unspecified atom stereocenters. The molecule has 0 amide bonds. The van der Waals surface area contributed by atoms with Gasteiger partial charge in [0, 0.05) is 0 Å². The van der Waals surface area contributed by atoms with Crippen molar-refractivity contribution >= 4 is 5.97 Å². The van der Waals surface area contributed by atoms with Crippen LogP contribution in [0.5, 0.6) is 0 Å². The van der Waals surface area contributed by atoms with Crippen molar-refractivity contribution < 1.29 is 19.7 Å². The van der Waals surface area contributed by atoms with Crippen LogP contribution in [-0.4, -0.2) is 35.0 Å². The number of aliphatic hydroxyl groups is 2. The molecule has 1 aliphatic rings. The second-order valence-corrected chi connectivity index (χ2v) is 1.60. The Labute approximate surface area is 45.7 Å². The molecular weight excluding hydrogens is 112 g/mol. The smallest absolute Gasteiger partial charge is 0.339 e. The number of aliphatic hydroxyl groups excluding tert-OH is 2. The second kappa shape index (κ2) is 1.72. The number of carbonyl (C=O) groups is 1. The van der Waals surface area contributed by atoms with Gasteiger partial charge in [-0.1, -0.05) is 0 Å². The molecule has 0 saturated carbocycles. The summed E-state index contributed by atoms with van der Waals surface area (Å²) in [7, 11) is 0. The summed E-state index contributed by atoms with van der Waals surface area (Å²) in [6, 6.07) is 0. The number of ether oxygens (including phenoxy) is 1. The molecule has 8 heavy (non-hydrogen) atoms. The van der Waals surface area contributed by atoms with Gasteiger partial charge in [0.05, 0.1) is 6.61 Å². The van der Waals surface area contributed by atoms with E-state index in [2.05, 4.69) is 4.74 Å². The van der Waals surface area contributed by atoms with E-state index in [0.717, 1.165) is 0 Å². The van der Waals surface area contributed by atoms with Crippen molar-refractivity contribution in [1.29, 1.82) is 0 Å². The average molecular weight is 118 g/mol. The van der Waals surface area contributed by atoms with Gasteiger partial charge in [0.15, 0.2) is 12.2 Å². The number of cyclic esters (lactones) is 1. The third-order valence-electron chi connectivity index (χ3n) is 1.04. The SMILES string of the molecule is O=C1OC(CO)C1O. The number of hydrogen-bond donors (Lipinski definition) is 2. The first kappa shape index (κ1) is 5.53. The van der Waals surface area contributed by atoms with E-state index < -0.39 is 18.2 Å². The molecule has 4 heteroatoms. The third kappa shape index (κ3) is 0.579. The van der Waals surface area contributed by atoms with Crippen molar-refractivity contribution in [3.8, 4) is 0 Å². The van der Waals surface area contributed by atoms with E-state index in [1.165, 1.54) is 0 Å². The molecule has 0 aromatic rings. The number of carbonyl (C=O) groups excluding carboxylic acids is 1. The van der Waals surface area contributed by atoms with E-state index in [9.17, 15) is 4.79 Å². The van der Waals surface area contributed by atoms with E-state index in [1.807, 2.05) is 0 Å². The fourth-order valence-corrected chi connectivity index (χ4v) is 0.500. The van der Waals surface area contributed by atoms with Gasteiger partial charge in [-0.2, -0.15) is 0 Å². The molecule has 1 saturated heterocycles. The van der Waals surface area contributed by atoms with Crippen LogP contribution >= 0.6 is 0 Å². The van der Waals surface area contributed by atoms with Gasteiger partial charge in [-0.15, -0.1) is 0 Å². The highest BCUT2D eigenvalue weighted by molar-refractivity contribution is 5.80. The average Bonchev–Trinajstić information content (AvgIpc) is 1.81. The first-order valence-corrected chi connectivity index (χ1v) is 2.25. The summed E-state index contributed by atoms with van der Waals surface area (Å²) in [6.07, 6.45) is -1.78.